The molecule has 0 nitrogen and oxygen atoms in total. The average molecular weight is 323 g/mol. The highest BCUT2D eigenvalue weighted by atomic mass is 14.1. The van der Waals surface area contributed by atoms with Crippen molar-refractivity contribution in [2.24, 2.45) is 5.92 Å². The van der Waals surface area contributed by atoms with Crippen LogP contribution in [0.2, 0.25) is 0 Å². The van der Waals surface area contributed by atoms with Gasteiger partial charge in [0.05, 0.1) is 0 Å². The first kappa shape index (κ1) is 22.7. The van der Waals surface area contributed by atoms with Gasteiger partial charge in [0.25, 0.3) is 0 Å². The molecule has 0 aliphatic carbocycles. The third-order valence-corrected chi connectivity index (χ3v) is 5.01. The smallest absolute Gasteiger partial charge is 0.0351 e. The largest absolute Gasteiger partial charge is 0.0885 e. The van der Waals surface area contributed by atoms with Gasteiger partial charge in [-0.15, -0.1) is 0 Å². The number of hydrogen-bond acceptors (Lipinski definition) is 0. The quantitative estimate of drug-likeness (QED) is 0.174. The van der Waals surface area contributed by atoms with Crippen molar-refractivity contribution in [3.05, 3.63) is 12.2 Å². The second-order valence-corrected chi connectivity index (χ2v) is 7.62. The molecular weight excluding hydrogens is 276 g/mol. The van der Waals surface area contributed by atoms with E-state index in [0.717, 1.165) is 5.92 Å². The van der Waals surface area contributed by atoms with E-state index >= 15 is 0 Å². The van der Waals surface area contributed by atoms with Crippen LogP contribution in [0.1, 0.15) is 130 Å². The molecule has 0 heteroatoms. The highest BCUT2D eigenvalue weighted by molar-refractivity contribution is 4.81. The van der Waals surface area contributed by atoms with Crippen LogP contribution in [-0.4, -0.2) is 0 Å². The lowest BCUT2D eigenvalue weighted by atomic mass is 9.97. The normalized spacial score (nSPS) is 13.0. The topological polar surface area (TPSA) is 0 Å². The maximum atomic E-state index is 2.43. The highest BCUT2D eigenvalue weighted by Gasteiger charge is 2.00. The van der Waals surface area contributed by atoms with Gasteiger partial charge in [-0.3, -0.25) is 0 Å². The van der Waals surface area contributed by atoms with Crippen LogP contribution in [0.25, 0.3) is 0 Å². The van der Waals surface area contributed by atoms with Crippen LogP contribution in [0.3, 0.4) is 0 Å². The van der Waals surface area contributed by atoms with E-state index in [9.17, 15) is 0 Å². The molecule has 0 aromatic heterocycles. The lowest BCUT2D eigenvalue weighted by Crippen LogP contribution is -1.94. The molecule has 0 fully saturated rings. The van der Waals surface area contributed by atoms with Crippen molar-refractivity contribution in [2.45, 2.75) is 130 Å². The van der Waals surface area contributed by atoms with Crippen LogP contribution in [0.15, 0.2) is 12.2 Å². The molecule has 23 heavy (non-hydrogen) atoms. The van der Waals surface area contributed by atoms with Crippen molar-refractivity contribution in [3.8, 4) is 0 Å². The molecule has 0 saturated carbocycles. The van der Waals surface area contributed by atoms with E-state index in [2.05, 4.69) is 32.9 Å². The summed E-state index contributed by atoms with van der Waals surface area (Å²) in [5.41, 5.74) is 0. The van der Waals surface area contributed by atoms with Crippen LogP contribution >= 0.6 is 0 Å². The Hall–Kier alpha value is -0.260. The summed E-state index contributed by atoms with van der Waals surface area (Å²) in [4.78, 5) is 0. The van der Waals surface area contributed by atoms with Crippen LogP contribution in [0.5, 0.6) is 0 Å². The zero-order valence-corrected chi connectivity index (χ0v) is 16.8. The monoisotopic (exact) mass is 322 g/mol. The number of rotatable bonds is 18. The summed E-state index contributed by atoms with van der Waals surface area (Å²) in [5.74, 6) is 0.951. The Morgan fingerprint density at radius 1 is 0.522 bits per heavy atom. The maximum absolute atomic E-state index is 2.43. The second kappa shape index (κ2) is 19.8. The van der Waals surface area contributed by atoms with E-state index in [4.69, 9.17) is 0 Å². The minimum atomic E-state index is 0.951. The Balaban J connectivity index is 3.14. The summed E-state index contributed by atoms with van der Waals surface area (Å²) < 4.78 is 0. The van der Waals surface area contributed by atoms with Gasteiger partial charge in [0.2, 0.25) is 0 Å². The van der Waals surface area contributed by atoms with E-state index in [1.165, 1.54) is 109 Å². The van der Waals surface area contributed by atoms with Crippen LogP contribution in [0, 0.1) is 5.92 Å². The molecule has 0 heterocycles. The van der Waals surface area contributed by atoms with Crippen molar-refractivity contribution in [3.63, 3.8) is 0 Å². The Labute approximate surface area is 148 Å². The lowest BCUT2D eigenvalue weighted by Gasteiger charge is -2.09. The molecule has 0 rings (SSSR count). The minimum absolute atomic E-state index is 0.951. The number of allylic oxidation sites excluding steroid dienone is 2. The van der Waals surface area contributed by atoms with E-state index < -0.39 is 0 Å². The summed E-state index contributed by atoms with van der Waals surface area (Å²) in [7, 11) is 0. The fraction of sp³-hybridized carbons (Fsp3) is 0.913. The zero-order chi connectivity index (χ0) is 17.0. The van der Waals surface area contributed by atoms with Crippen molar-refractivity contribution in [1.82, 2.24) is 0 Å². The van der Waals surface area contributed by atoms with Crippen molar-refractivity contribution < 1.29 is 0 Å². The summed E-state index contributed by atoms with van der Waals surface area (Å²) in [6, 6.07) is 0. The molecule has 0 aliphatic rings. The molecule has 0 aromatic carbocycles. The molecule has 1 unspecified atom stereocenters. The summed E-state index contributed by atoms with van der Waals surface area (Å²) in [5, 5.41) is 0. The predicted octanol–water partition coefficient (Wildman–Crippen LogP) is 8.85. The Kier molecular flexibility index (Phi) is 19.6. The Bertz CT molecular complexity index is 228. The van der Waals surface area contributed by atoms with Crippen molar-refractivity contribution in [1.29, 1.82) is 0 Å². The fourth-order valence-electron chi connectivity index (χ4n) is 3.26. The second-order valence-electron chi connectivity index (χ2n) is 7.62. The zero-order valence-electron chi connectivity index (χ0n) is 16.8. The van der Waals surface area contributed by atoms with Gasteiger partial charge in [0.15, 0.2) is 0 Å². The number of hydrogen-bond donors (Lipinski definition) is 0. The van der Waals surface area contributed by atoms with Gasteiger partial charge < -0.3 is 0 Å². The fourth-order valence-corrected chi connectivity index (χ4v) is 3.26. The molecule has 0 aliphatic heterocycles. The first-order valence-electron chi connectivity index (χ1n) is 11.0. The van der Waals surface area contributed by atoms with Crippen LogP contribution in [0.4, 0.5) is 0 Å². The molecular formula is C23H46. The van der Waals surface area contributed by atoms with Gasteiger partial charge in [-0.25, -0.2) is 0 Å². The molecule has 0 spiro atoms. The summed E-state index contributed by atoms with van der Waals surface area (Å²) in [6.45, 7) is 7.02. The summed E-state index contributed by atoms with van der Waals surface area (Å²) in [6.07, 6.45) is 28.9. The SMILES string of the molecule is CCCCCCCCCC/C=C/CCCCCC(C)CCCC. The van der Waals surface area contributed by atoms with Crippen LogP contribution < -0.4 is 0 Å². The van der Waals surface area contributed by atoms with Gasteiger partial charge in [-0.05, 0) is 31.6 Å². The van der Waals surface area contributed by atoms with E-state index in [1.54, 1.807) is 0 Å². The Morgan fingerprint density at radius 2 is 0.957 bits per heavy atom. The molecule has 138 valence electrons. The first-order valence-corrected chi connectivity index (χ1v) is 11.0. The van der Waals surface area contributed by atoms with Crippen molar-refractivity contribution in [2.75, 3.05) is 0 Å². The molecule has 0 radical (unpaired) electrons. The van der Waals surface area contributed by atoms with Gasteiger partial charge >= 0.3 is 0 Å². The van der Waals surface area contributed by atoms with Gasteiger partial charge in [0.1, 0.15) is 0 Å². The third kappa shape index (κ3) is 19.7. The van der Waals surface area contributed by atoms with Gasteiger partial charge in [-0.2, -0.15) is 0 Å². The van der Waals surface area contributed by atoms with E-state index in [-0.39, 0.29) is 0 Å². The van der Waals surface area contributed by atoms with E-state index in [1.807, 2.05) is 0 Å². The Morgan fingerprint density at radius 3 is 1.52 bits per heavy atom. The third-order valence-electron chi connectivity index (χ3n) is 5.01. The minimum Gasteiger partial charge on any atom is -0.0885 e. The van der Waals surface area contributed by atoms with Crippen LogP contribution in [-0.2, 0) is 0 Å². The van der Waals surface area contributed by atoms with E-state index in [0.29, 0.717) is 0 Å². The van der Waals surface area contributed by atoms with Crippen molar-refractivity contribution >= 4 is 0 Å². The van der Waals surface area contributed by atoms with Gasteiger partial charge in [-0.1, -0.05) is 116 Å². The maximum Gasteiger partial charge on any atom is -0.0351 e. The molecule has 0 amide bonds. The predicted molar refractivity (Wildman–Crippen MR) is 108 cm³/mol. The molecule has 0 aromatic rings. The highest BCUT2D eigenvalue weighted by Crippen LogP contribution is 2.16. The standard InChI is InChI=1S/C23H46/c1-4-6-8-9-10-11-12-13-14-15-16-17-18-19-20-22-23(3)21-7-5-2/h15-16,23H,4-14,17-22H2,1-3H3/b16-15+. The molecule has 0 N–H and O–H groups in total. The van der Waals surface area contributed by atoms with Gasteiger partial charge in [0, 0.05) is 0 Å². The molecule has 0 bridgehead atoms. The average Bonchev–Trinajstić information content (AvgIpc) is 2.56. The molecule has 1 atom stereocenters. The number of unbranched alkanes of at least 4 members (excludes halogenated alkanes) is 12. The lowest BCUT2D eigenvalue weighted by molar-refractivity contribution is 0.446. The first-order chi connectivity index (χ1) is 11.3. The summed E-state index contributed by atoms with van der Waals surface area (Å²) >= 11 is 0. The molecule has 0 saturated heterocycles.